The summed E-state index contributed by atoms with van der Waals surface area (Å²) in [6.45, 7) is 11.2. The van der Waals surface area contributed by atoms with Crippen LogP contribution in [0, 0.1) is 5.41 Å². The van der Waals surface area contributed by atoms with Gasteiger partial charge < -0.3 is 14.2 Å². The van der Waals surface area contributed by atoms with Crippen LogP contribution in [0.15, 0.2) is 0 Å². The highest BCUT2D eigenvalue weighted by Crippen LogP contribution is 2.51. The first-order valence-corrected chi connectivity index (χ1v) is 8.84. The molecule has 2 aliphatic heterocycles. The maximum atomic E-state index is 12.0. The molecule has 1 spiro atoms. The second-order valence-corrected chi connectivity index (χ2v) is 8.35. The molecule has 23 heavy (non-hydrogen) atoms. The highest BCUT2D eigenvalue weighted by molar-refractivity contribution is 7.77. The Bertz CT molecular complexity index is 454. The Balaban J connectivity index is 2.25. The van der Waals surface area contributed by atoms with Crippen molar-refractivity contribution in [3.8, 4) is 0 Å². The van der Waals surface area contributed by atoms with Gasteiger partial charge in [0.15, 0.2) is 5.79 Å². The van der Waals surface area contributed by atoms with Crippen LogP contribution in [0.5, 0.6) is 0 Å². The van der Waals surface area contributed by atoms with Gasteiger partial charge in [0, 0.05) is 23.9 Å². The Labute approximate surface area is 145 Å². The molecule has 0 aromatic heterocycles. The fourth-order valence-corrected chi connectivity index (χ4v) is 4.47. The highest BCUT2D eigenvalue weighted by atomic mass is 32.1. The maximum absolute atomic E-state index is 12.0. The van der Waals surface area contributed by atoms with Crippen molar-refractivity contribution in [1.82, 2.24) is 4.31 Å². The molecule has 0 aromatic rings. The molecule has 2 aliphatic rings. The van der Waals surface area contributed by atoms with Crippen molar-refractivity contribution < 1.29 is 19.0 Å². The van der Waals surface area contributed by atoms with Crippen molar-refractivity contribution in [2.24, 2.45) is 5.41 Å². The van der Waals surface area contributed by atoms with Gasteiger partial charge in [-0.2, -0.15) is 0 Å². The van der Waals surface area contributed by atoms with E-state index in [4.69, 9.17) is 27.0 Å². The molecule has 6 heteroatoms. The number of thiol groups is 1. The average Bonchev–Trinajstić information content (AvgIpc) is 2.53. The van der Waals surface area contributed by atoms with Gasteiger partial charge in [0.05, 0.1) is 20.3 Å². The summed E-state index contributed by atoms with van der Waals surface area (Å²) < 4.78 is 19.5. The summed E-state index contributed by atoms with van der Waals surface area (Å²) in [6, 6.07) is 0. The molecule has 0 N–H and O–H groups in total. The first-order chi connectivity index (χ1) is 10.6. The quantitative estimate of drug-likeness (QED) is 0.629. The number of rotatable bonds is 3. The number of carbonyl (C=O) groups excluding carboxylic acids is 1. The normalized spacial score (nSPS) is 36.8. The van der Waals surface area contributed by atoms with E-state index in [-0.39, 0.29) is 17.0 Å². The Morgan fingerprint density at radius 3 is 2.09 bits per heavy atom. The average molecular weight is 346 g/mol. The Morgan fingerprint density at radius 2 is 1.65 bits per heavy atom. The van der Waals surface area contributed by atoms with Crippen molar-refractivity contribution in [3.63, 3.8) is 0 Å². The van der Waals surface area contributed by atoms with E-state index in [1.165, 1.54) is 7.11 Å². The number of hydrogen-bond acceptors (Lipinski definition) is 6. The van der Waals surface area contributed by atoms with E-state index < -0.39 is 11.2 Å². The van der Waals surface area contributed by atoms with Crippen LogP contribution in [-0.4, -0.2) is 47.5 Å². The second-order valence-electron chi connectivity index (χ2n) is 7.95. The maximum Gasteiger partial charge on any atom is 0.316 e. The topological polar surface area (TPSA) is 48.0 Å². The van der Waals surface area contributed by atoms with Gasteiger partial charge >= 0.3 is 5.97 Å². The van der Waals surface area contributed by atoms with Crippen molar-refractivity contribution in [2.75, 3.05) is 20.3 Å². The van der Waals surface area contributed by atoms with Crippen molar-refractivity contribution in [3.05, 3.63) is 0 Å². The lowest BCUT2D eigenvalue weighted by atomic mass is 9.73. The van der Waals surface area contributed by atoms with E-state index in [2.05, 4.69) is 32.0 Å². The minimum atomic E-state index is -0.733. The molecular formula is C17H31NO4S. The molecule has 2 rings (SSSR count). The van der Waals surface area contributed by atoms with Crippen LogP contribution in [0.1, 0.15) is 60.3 Å². The van der Waals surface area contributed by atoms with E-state index in [1.54, 1.807) is 0 Å². The molecule has 134 valence electrons. The van der Waals surface area contributed by atoms with E-state index in [9.17, 15) is 4.79 Å². The SMILES string of the molecule is CCC1(CC)CC2(CC(C)(C)N1S)OCC(C)(C(=O)OC)CO2. The van der Waals surface area contributed by atoms with Gasteiger partial charge in [-0.25, -0.2) is 4.31 Å². The molecule has 0 radical (unpaired) electrons. The zero-order valence-electron chi connectivity index (χ0n) is 15.3. The Hall–Kier alpha value is -0.300. The van der Waals surface area contributed by atoms with Crippen LogP contribution in [0.25, 0.3) is 0 Å². The van der Waals surface area contributed by atoms with E-state index in [0.717, 1.165) is 25.7 Å². The molecule has 2 saturated heterocycles. The predicted octanol–water partition coefficient (Wildman–Crippen LogP) is 3.19. The molecule has 2 heterocycles. The number of hydrogen-bond donors (Lipinski definition) is 1. The van der Waals surface area contributed by atoms with E-state index in [0.29, 0.717) is 13.2 Å². The molecule has 0 aliphatic carbocycles. The van der Waals surface area contributed by atoms with E-state index >= 15 is 0 Å². The van der Waals surface area contributed by atoms with Crippen LogP contribution in [-0.2, 0) is 19.0 Å². The van der Waals surface area contributed by atoms with Crippen LogP contribution < -0.4 is 0 Å². The van der Waals surface area contributed by atoms with Gasteiger partial charge in [-0.1, -0.05) is 26.7 Å². The largest absolute Gasteiger partial charge is 0.468 e. The first-order valence-electron chi connectivity index (χ1n) is 8.44. The molecule has 0 unspecified atom stereocenters. The number of carbonyl (C=O) groups is 1. The number of nitrogens with zero attached hydrogens (tertiary/aromatic N) is 1. The molecular weight excluding hydrogens is 314 g/mol. The monoisotopic (exact) mass is 345 g/mol. The van der Waals surface area contributed by atoms with Crippen molar-refractivity contribution in [1.29, 1.82) is 0 Å². The molecule has 0 amide bonds. The molecule has 0 atom stereocenters. The van der Waals surface area contributed by atoms with Crippen LogP contribution in [0.3, 0.4) is 0 Å². The lowest BCUT2D eigenvalue weighted by Crippen LogP contribution is -2.67. The minimum absolute atomic E-state index is 0.0795. The van der Waals surface area contributed by atoms with Crippen LogP contribution >= 0.6 is 12.8 Å². The summed E-state index contributed by atoms with van der Waals surface area (Å²) in [4.78, 5) is 12.0. The van der Waals surface area contributed by atoms with Crippen molar-refractivity contribution >= 4 is 18.8 Å². The molecule has 5 nitrogen and oxygen atoms in total. The number of ether oxygens (including phenoxy) is 3. The molecule has 0 bridgehead atoms. The minimum Gasteiger partial charge on any atom is -0.468 e. The second kappa shape index (κ2) is 6.21. The van der Waals surface area contributed by atoms with Crippen LogP contribution in [0.2, 0.25) is 0 Å². The van der Waals surface area contributed by atoms with Gasteiger partial charge in [0.25, 0.3) is 0 Å². The molecule has 0 saturated carbocycles. The number of esters is 1. The molecule has 2 fully saturated rings. The fraction of sp³-hybridized carbons (Fsp3) is 0.941. The Kier molecular flexibility index (Phi) is 5.14. The van der Waals surface area contributed by atoms with Gasteiger partial charge in [-0.05, 0) is 33.6 Å². The van der Waals surface area contributed by atoms with Crippen LogP contribution in [0.4, 0.5) is 0 Å². The van der Waals surface area contributed by atoms with Gasteiger partial charge in [-0.3, -0.25) is 4.79 Å². The first kappa shape index (κ1) is 19.0. The number of piperidine rings is 1. The summed E-state index contributed by atoms with van der Waals surface area (Å²) in [6.07, 6.45) is 3.43. The summed E-state index contributed by atoms with van der Waals surface area (Å²) in [5.74, 6) is -0.932. The third kappa shape index (κ3) is 3.15. The summed E-state index contributed by atoms with van der Waals surface area (Å²) in [5, 5.41) is 0. The van der Waals surface area contributed by atoms with Gasteiger partial charge in [0.1, 0.15) is 5.41 Å². The lowest BCUT2D eigenvalue weighted by Gasteiger charge is -2.60. The zero-order valence-corrected chi connectivity index (χ0v) is 16.2. The van der Waals surface area contributed by atoms with Crippen molar-refractivity contribution in [2.45, 2.75) is 77.2 Å². The molecule has 0 aromatic carbocycles. The number of methoxy groups -OCH3 is 1. The summed E-state index contributed by atoms with van der Waals surface area (Å²) in [5.41, 5.74) is -0.973. The van der Waals surface area contributed by atoms with Gasteiger partial charge in [0.2, 0.25) is 0 Å². The van der Waals surface area contributed by atoms with E-state index in [1.807, 2.05) is 6.92 Å². The smallest absolute Gasteiger partial charge is 0.316 e. The van der Waals surface area contributed by atoms with Gasteiger partial charge in [-0.15, -0.1) is 0 Å². The third-order valence-corrected chi connectivity index (χ3v) is 6.59. The zero-order chi connectivity index (χ0) is 17.5. The lowest BCUT2D eigenvalue weighted by molar-refractivity contribution is -0.333. The standard InChI is InChI=1S/C17H31NO4S/c1-7-16(8-2)10-17(9-14(3,4)18(16)23)21-11-15(5,12-22-17)13(19)20-6/h23H,7-12H2,1-6H3. The summed E-state index contributed by atoms with van der Waals surface area (Å²) in [7, 11) is 1.40. The predicted molar refractivity (Wildman–Crippen MR) is 92.2 cm³/mol. The Morgan fingerprint density at radius 1 is 1.13 bits per heavy atom. The third-order valence-electron chi connectivity index (χ3n) is 5.63. The fourth-order valence-electron chi connectivity index (χ4n) is 4.05. The highest BCUT2D eigenvalue weighted by Gasteiger charge is 2.58. The summed E-state index contributed by atoms with van der Waals surface area (Å²) >= 11 is 4.82.